The summed E-state index contributed by atoms with van der Waals surface area (Å²) in [5, 5.41) is 0.255. The molecule has 0 aliphatic carbocycles. The third-order valence-electron chi connectivity index (χ3n) is 6.13. The Morgan fingerprint density at radius 1 is 0.868 bits per heavy atom. The highest BCUT2D eigenvalue weighted by molar-refractivity contribution is 7.92. The van der Waals surface area contributed by atoms with Gasteiger partial charge in [0.1, 0.15) is 12.3 Å². The quantitative estimate of drug-likeness (QED) is 0.438. The second-order valence-electron chi connectivity index (χ2n) is 8.41. The number of halogens is 2. The predicted molar refractivity (Wildman–Crippen MR) is 140 cm³/mol. The van der Waals surface area contributed by atoms with Gasteiger partial charge in [-0.1, -0.05) is 29.3 Å². The van der Waals surface area contributed by atoms with Crippen LogP contribution in [0.25, 0.3) is 0 Å². The molecule has 4 heterocycles. The standard InChI is InChI=1S/C23H21Cl2N5O6S2/c24-18-5-4-17(14-19(18)25)37(32,33)30-11-12-36-22-20(30)13-16(15-27-22)23(31)28-7-9-29(10-8-28)38(34,35)21-3-1-2-6-26-21/h1-6,13-15H,7-12H2. The van der Waals surface area contributed by atoms with Gasteiger partial charge in [0.15, 0.2) is 5.03 Å². The number of carbonyl (C=O) groups is 1. The van der Waals surface area contributed by atoms with Gasteiger partial charge in [0, 0.05) is 38.6 Å². The average molecular weight is 598 g/mol. The zero-order valence-electron chi connectivity index (χ0n) is 19.7. The molecule has 1 amide bonds. The Morgan fingerprint density at radius 2 is 1.63 bits per heavy atom. The number of aromatic nitrogens is 2. The van der Waals surface area contributed by atoms with E-state index < -0.39 is 26.0 Å². The monoisotopic (exact) mass is 597 g/mol. The van der Waals surface area contributed by atoms with Crippen molar-refractivity contribution in [2.45, 2.75) is 9.92 Å². The topological polar surface area (TPSA) is 130 Å². The molecule has 38 heavy (non-hydrogen) atoms. The summed E-state index contributed by atoms with van der Waals surface area (Å²) in [6.07, 6.45) is 2.72. The first-order chi connectivity index (χ1) is 18.1. The molecular formula is C23H21Cl2N5O6S2. The minimum absolute atomic E-state index is 0.00103. The number of anilines is 1. The lowest BCUT2D eigenvalue weighted by molar-refractivity contribution is 0.0697. The number of rotatable bonds is 5. The maximum absolute atomic E-state index is 13.4. The highest BCUT2D eigenvalue weighted by atomic mass is 35.5. The van der Waals surface area contributed by atoms with Crippen molar-refractivity contribution in [1.82, 2.24) is 19.2 Å². The van der Waals surface area contributed by atoms with Gasteiger partial charge in [-0.2, -0.15) is 4.31 Å². The third-order valence-corrected chi connectivity index (χ3v) is 10.5. The SMILES string of the molecule is O=C(c1cnc2c(c1)N(S(=O)(=O)c1ccc(Cl)c(Cl)c1)CCO2)N1CCN(S(=O)(=O)c2ccccn2)CC1. The fraction of sp³-hybridized carbons (Fsp3) is 0.261. The molecule has 0 atom stereocenters. The van der Waals surface area contributed by atoms with Crippen molar-refractivity contribution >= 4 is 54.8 Å². The summed E-state index contributed by atoms with van der Waals surface area (Å²) < 4.78 is 60.5. The molecule has 0 radical (unpaired) electrons. The van der Waals surface area contributed by atoms with Gasteiger partial charge in [0.2, 0.25) is 5.88 Å². The predicted octanol–water partition coefficient (Wildman–Crippen LogP) is 2.52. The molecule has 0 bridgehead atoms. The Labute approximate surface area is 229 Å². The number of ether oxygens (including phenoxy) is 1. The van der Waals surface area contributed by atoms with E-state index in [1.807, 2.05) is 0 Å². The second kappa shape index (κ2) is 10.3. The van der Waals surface area contributed by atoms with Crippen LogP contribution < -0.4 is 9.04 Å². The maximum atomic E-state index is 13.4. The smallest absolute Gasteiger partial charge is 0.264 e. The molecule has 200 valence electrons. The maximum Gasteiger partial charge on any atom is 0.264 e. The summed E-state index contributed by atoms with van der Waals surface area (Å²) in [5.74, 6) is -0.338. The Kier molecular flexibility index (Phi) is 7.22. The van der Waals surface area contributed by atoms with E-state index >= 15 is 0 Å². The lowest BCUT2D eigenvalue weighted by atomic mass is 10.2. The van der Waals surface area contributed by atoms with Gasteiger partial charge in [0.25, 0.3) is 26.0 Å². The summed E-state index contributed by atoms with van der Waals surface area (Å²) in [7, 11) is -7.85. The molecule has 1 fully saturated rings. The molecule has 5 rings (SSSR count). The lowest BCUT2D eigenvalue weighted by Gasteiger charge is -2.34. The molecule has 1 saturated heterocycles. The Bertz CT molecular complexity index is 1600. The van der Waals surface area contributed by atoms with Crippen LogP contribution in [0.2, 0.25) is 10.0 Å². The molecule has 0 N–H and O–H groups in total. The number of piperazine rings is 1. The molecule has 2 aromatic heterocycles. The number of amides is 1. The van der Waals surface area contributed by atoms with Crippen molar-refractivity contribution in [3.8, 4) is 5.88 Å². The summed E-state index contributed by atoms with van der Waals surface area (Å²) in [4.78, 5) is 22.8. The van der Waals surface area contributed by atoms with E-state index in [0.29, 0.717) is 0 Å². The Hall–Kier alpha value is -2.97. The number of fused-ring (bicyclic) bond motifs is 1. The molecule has 0 spiro atoms. The van der Waals surface area contributed by atoms with Crippen LogP contribution in [0, 0.1) is 0 Å². The molecular weight excluding hydrogens is 577 g/mol. The van der Waals surface area contributed by atoms with Gasteiger partial charge >= 0.3 is 0 Å². The van der Waals surface area contributed by atoms with Gasteiger partial charge in [0.05, 0.1) is 27.0 Å². The van der Waals surface area contributed by atoms with E-state index in [9.17, 15) is 21.6 Å². The minimum atomic E-state index is -4.07. The third kappa shape index (κ3) is 4.92. The molecule has 2 aliphatic heterocycles. The van der Waals surface area contributed by atoms with Crippen LogP contribution in [-0.2, 0) is 20.0 Å². The van der Waals surface area contributed by atoms with Crippen LogP contribution in [0.15, 0.2) is 64.8 Å². The molecule has 0 unspecified atom stereocenters. The van der Waals surface area contributed by atoms with E-state index in [0.717, 1.165) is 4.31 Å². The fourth-order valence-electron chi connectivity index (χ4n) is 4.15. The summed E-state index contributed by atoms with van der Waals surface area (Å²) in [6.45, 7) is 0.529. The van der Waals surface area contributed by atoms with Gasteiger partial charge in [-0.25, -0.2) is 26.8 Å². The van der Waals surface area contributed by atoms with Gasteiger partial charge in [-0.3, -0.25) is 9.10 Å². The van der Waals surface area contributed by atoms with E-state index in [-0.39, 0.29) is 76.4 Å². The van der Waals surface area contributed by atoms with Crippen molar-refractivity contribution in [2.75, 3.05) is 43.6 Å². The number of nitrogens with zero attached hydrogens (tertiary/aromatic N) is 5. The normalized spacial score (nSPS) is 16.6. The highest BCUT2D eigenvalue weighted by Crippen LogP contribution is 2.36. The van der Waals surface area contributed by atoms with Crippen molar-refractivity contribution in [3.63, 3.8) is 0 Å². The zero-order chi connectivity index (χ0) is 27.1. The number of carbonyl (C=O) groups excluding carboxylic acids is 1. The number of pyridine rings is 2. The summed E-state index contributed by atoms with van der Waals surface area (Å²) in [5.41, 5.74) is 0.258. The van der Waals surface area contributed by atoms with E-state index in [1.54, 1.807) is 12.1 Å². The number of sulfonamides is 2. The Morgan fingerprint density at radius 3 is 2.32 bits per heavy atom. The van der Waals surface area contributed by atoms with E-state index in [2.05, 4.69) is 9.97 Å². The van der Waals surface area contributed by atoms with Crippen LogP contribution in [0.4, 0.5) is 5.69 Å². The first kappa shape index (κ1) is 26.6. The van der Waals surface area contributed by atoms with Crippen molar-refractivity contribution in [1.29, 1.82) is 0 Å². The highest BCUT2D eigenvalue weighted by Gasteiger charge is 2.34. The van der Waals surface area contributed by atoms with Crippen LogP contribution in [0.1, 0.15) is 10.4 Å². The van der Waals surface area contributed by atoms with E-state index in [1.165, 1.54) is 51.9 Å². The van der Waals surface area contributed by atoms with Gasteiger partial charge in [-0.05, 0) is 36.4 Å². The van der Waals surface area contributed by atoms with Gasteiger partial charge in [-0.15, -0.1) is 0 Å². The molecule has 2 aliphatic rings. The average Bonchev–Trinajstić information content (AvgIpc) is 2.94. The minimum Gasteiger partial charge on any atom is -0.474 e. The lowest BCUT2D eigenvalue weighted by Crippen LogP contribution is -2.50. The second-order valence-corrected chi connectivity index (χ2v) is 13.0. The van der Waals surface area contributed by atoms with Crippen LogP contribution >= 0.6 is 23.2 Å². The van der Waals surface area contributed by atoms with Crippen molar-refractivity contribution in [3.05, 3.63) is 70.5 Å². The molecule has 3 aromatic rings. The largest absolute Gasteiger partial charge is 0.474 e. The fourth-order valence-corrected chi connectivity index (χ4v) is 7.34. The molecule has 0 saturated carbocycles. The van der Waals surface area contributed by atoms with E-state index in [4.69, 9.17) is 27.9 Å². The number of benzene rings is 1. The summed E-state index contributed by atoms with van der Waals surface area (Å²) in [6, 6.07) is 10.1. The zero-order valence-corrected chi connectivity index (χ0v) is 22.8. The molecule has 11 nitrogen and oxygen atoms in total. The molecule has 1 aromatic carbocycles. The van der Waals surface area contributed by atoms with Crippen LogP contribution in [0.3, 0.4) is 0 Å². The first-order valence-corrected chi connectivity index (χ1v) is 15.0. The number of hydrogen-bond acceptors (Lipinski definition) is 8. The number of hydrogen-bond donors (Lipinski definition) is 0. The van der Waals surface area contributed by atoms with Gasteiger partial charge < -0.3 is 9.64 Å². The van der Waals surface area contributed by atoms with Crippen molar-refractivity contribution in [2.24, 2.45) is 0 Å². The molecule has 15 heteroatoms. The summed E-state index contributed by atoms with van der Waals surface area (Å²) >= 11 is 12.0. The Balaban J connectivity index is 1.36. The first-order valence-electron chi connectivity index (χ1n) is 11.4. The van der Waals surface area contributed by atoms with Crippen molar-refractivity contribution < 1.29 is 26.4 Å². The van der Waals surface area contributed by atoms with Crippen LogP contribution in [-0.4, -0.2) is 81.2 Å². The van der Waals surface area contributed by atoms with Crippen LogP contribution in [0.5, 0.6) is 5.88 Å².